The maximum absolute atomic E-state index is 13.5. The lowest BCUT2D eigenvalue weighted by Crippen LogP contribution is -2.50. The largest absolute Gasteiger partial charge is 0.507 e. The second-order valence-electron chi connectivity index (χ2n) is 12.0. The van der Waals surface area contributed by atoms with E-state index in [1.807, 2.05) is 26.0 Å². The molecule has 3 aliphatic rings. The molecule has 0 bridgehead atoms. The zero-order chi connectivity index (χ0) is 27.7. The van der Waals surface area contributed by atoms with Gasteiger partial charge in [0.25, 0.3) is 0 Å². The van der Waals surface area contributed by atoms with Crippen LogP contribution < -0.4 is 15.9 Å². The molecule has 1 aromatic carbocycles. The van der Waals surface area contributed by atoms with Crippen LogP contribution in [0.1, 0.15) is 69.8 Å². The molecular weight excluding hydrogens is 500 g/mol. The van der Waals surface area contributed by atoms with Gasteiger partial charge in [0.15, 0.2) is 11.0 Å². The number of nitrogens with zero attached hydrogens (tertiary/aromatic N) is 1. The minimum absolute atomic E-state index is 0.0869. The van der Waals surface area contributed by atoms with Gasteiger partial charge < -0.3 is 29.5 Å². The van der Waals surface area contributed by atoms with Gasteiger partial charge in [-0.1, -0.05) is 12.8 Å². The molecule has 9 heteroatoms. The SMILES string of the molecule is Cc1cc(=O)c2c(O)c3c(cc2o1)OC(C)(C)[C@H](OC(=O)[C@]1(C)O[C@@H]1CC1(c2ccnc(N)c2)CCCC1)C3. The Kier molecular flexibility index (Phi) is 5.73. The Morgan fingerprint density at radius 1 is 1.21 bits per heavy atom. The predicted molar refractivity (Wildman–Crippen MR) is 144 cm³/mol. The number of pyridine rings is 1. The van der Waals surface area contributed by atoms with Crippen LogP contribution in [0.4, 0.5) is 5.82 Å². The number of esters is 1. The van der Waals surface area contributed by atoms with E-state index >= 15 is 0 Å². The van der Waals surface area contributed by atoms with E-state index in [0.717, 1.165) is 31.2 Å². The van der Waals surface area contributed by atoms with Crippen LogP contribution in [0.2, 0.25) is 0 Å². The third kappa shape index (κ3) is 4.23. The molecule has 3 aromatic rings. The van der Waals surface area contributed by atoms with Crippen molar-refractivity contribution in [1.82, 2.24) is 4.98 Å². The van der Waals surface area contributed by atoms with E-state index in [9.17, 15) is 14.7 Å². The highest BCUT2D eigenvalue weighted by Gasteiger charge is 2.63. The zero-order valence-electron chi connectivity index (χ0n) is 22.7. The molecule has 2 aromatic heterocycles. The summed E-state index contributed by atoms with van der Waals surface area (Å²) in [6, 6.07) is 6.90. The van der Waals surface area contributed by atoms with Crippen LogP contribution >= 0.6 is 0 Å². The molecule has 0 unspecified atom stereocenters. The molecule has 4 heterocycles. The number of epoxide rings is 1. The third-order valence-electron chi connectivity index (χ3n) is 8.85. The molecule has 1 aliphatic carbocycles. The van der Waals surface area contributed by atoms with Crippen molar-refractivity contribution in [3.05, 3.63) is 57.6 Å². The molecule has 39 heavy (non-hydrogen) atoms. The number of phenols is 1. The number of ether oxygens (including phenoxy) is 3. The molecule has 206 valence electrons. The molecule has 0 radical (unpaired) electrons. The Morgan fingerprint density at radius 2 is 1.95 bits per heavy atom. The molecule has 0 spiro atoms. The van der Waals surface area contributed by atoms with E-state index in [0.29, 0.717) is 29.3 Å². The van der Waals surface area contributed by atoms with Crippen molar-refractivity contribution in [3.63, 3.8) is 0 Å². The molecule has 1 saturated heterocycles. The molecule has 3 N–H and O–H groups in total. The van der Waals surface area contributed by atoms with Crippen molar-refractivity contribution in [2.24, 2.45) is 0 Å². The highest BCUT2D eigenvalue weighted by Crippen LogP contribution is 2.52. The van der Waals surface area contributed by atoms with Crippen LogP contribution in [0.5, 0.6) is 11.5 Å². The number of rotatable bonds is 5. The number of anilines is 1. The van der Waals surface area contributed by atoms with E-state index in [-0.39, 0.29) is 40.1 Å². The van der Waals surface area contributed by atoms with Gasteiger partial charge in [0.2, 0.25) is 0 Å². The van der Waals surface area contributed by atoms with Crippen LogP contribution in [0.3, 0.4) is 0 Å². The summed E-state index contributed by atoms with van der Waals surface area (Å²) in [5.41, 5.74) is 5.36. The summed E-state index contributed by atoms with van der Waals surface area (Å²) in [6.45, 7) is 7.10. The van der Waals surface area contributed by atoms with Gasteiger partial charge in [-0.05, 0) is 70.1 Å². The molecule has 0 amide bonds. The Balaban J connectivity index is 1.22. The van der Waals surface area contributed by atoms with Crippen molar-refractivity contribution < 1.29 is 28.5 Å². The van der Waals surface area contributed by atoms with Gasteiger partial charge >= 0.3 is 5.97 Å². The third-order valence-corrected chi connectivity index (χ3v) is 8.85. The van der Waals surface area contributed by atoms with E-state index in [1.165, 1.54) is 6.07 Å². The Labute approximate surface area is 226 Å². The zero-order valence-corrected chi connectivity index (χ0v) is 22.7. The number of carbonyl (C=O) groups excluding carboxylic acids is 1. The lowest BCUT2D eigenvalue weighted by atomic mass is 9.74. The fraction of sp³-hybridized carbons (Fsp3) is 0.500. The molecule has 2 aliphatic heterocycles. The predicted octanol–water partition coefficient (Wildman–Crippen LogP) is 4.47. The van der Waals surface area contributed by atoms with E-state index in [4.69, 9.17) is 24.4 Å². The van der Waals surface area contributed by atoms with Crippen molar-refractivity contribution in [2.75, 3.05) is 5.73 Å². The van der Waals surface area contributed by atoms with Gasteiger partial charge in [0, 0.05) is 30.3 Å². The van der Waals surface area contributed by atoms with Crippen LogP contribution in [0.15, 0.2) is 39.7 Å². The Morgan fingerprint density at radius 3 is 2.67 bits per heavy atom. The number of nitrogen functional groups attached to an aromatic ring is 1. The monoisotopic (exact) mass is 534 g/mol. The second kappa shape index (κ2) is 8.71. The summed E-state index contributed by atoms with van der Waals surface area (Å²) in [4.78, 5) is 30.2. The van der Waals surface area contributed by atoms with Crippen molar-refractivity contribution in [3.8, 4) is 11.5 Å². The number of aromatic hydroxyl groups is 1. The van der Waals surface area contributed by atoms with Gasteiger partial charge in [-0.25, -0.2) is 9.78 Å². The topological polar surface area (TPSA) is 137 Å². The number of hydrogen-bond donors (Lipinski definition) is 2. The summed E-state index contributed by atoms with van der Waals surface area (Å²) in [5, 5.41) is 11.1. The second-order valence-corrected chi connectivity index (χ2v) is 12.0. The number of nitrogens with two attached hydrogens (primary N) is 1. The van der Waals surface area contributed by atoms with Crippen molar-refractivity contribution in [2.45, 2.75) is 95.0 Å². The van der Waals surface area contributed by atoms with Crippen LogP contribution in [-0.4, -0.2) is 39.5 Å². The number of carbonyl (C=O) groups is 1. The van der Waals surface area contributed by atoms with Gasteiger partial charge in [-0.3, -0.25) is 4.79 Å². The highest BCUT2D eigenvalue weighted by atomic mass is 16.7. The minimum Gasteiger partial charge on any atom is -0.507 e. The number of phenolic OH excluding ortho intramolecular Hbond substituents is 1. The molecule has 3 atom stereocenters. The molecule has 1 saturated carbocycles. The van der Waals surface area contributed by atoms with Crippen LogP contribution in [0, 0.1) is 6.92 Å². The molecule has 9 nitrogen and oxygen atoms in total. The summed E-state index contributed by atoms with van der Waals surface area (Å²) in [5.74, 6) is 0.654. The van der Waals surface area contributed by atoms with Gasteiger partial charge in [-0.2, -0.15) is 0 Å². The van der Waals surface area contributed by atoms with Crippen LogP contribution in [0.25, 0.3) is 11.0 Å². The highest BCUT2D eigenvalue weighted by molar-refractivity contribution is 5.87. The fourth-order valence-corrected chi connectivity index (χ4v) is 6.41. The average Bonchev–Trinajstić information content (AvgIpc) is 3.27. The van der Waals surface area contributed by atoms with E-state index < -0.39 is 23.3 Å². The molecule has 2 fully saturated rings. The smallest absolute Gasteiger partial charge is 0.341 e. The first kappa shape index (κ1) is 25.7. The first-order chi connectivity index (χ1) is 18.4. The Bertz CT molecular complexity index is 1540. The van der Waals surface area contributed by atoms with E-state index in [1.54, 1.807) is 26.1 Å². The van der Waals surface area contributed by atoms with E-state index in [2.05, 4.69) is 4.98 Å². The van der Waals surface area contributed by atoms with Gasteiger partial charge in [-0.15, -0.1) is 0 Å². The quantitative estimate of drug-likeness (QED) is 0.359. The maximum Gasteiger partial charge on any atom is 0.341 e. The summed E-state index contributed by atoms with van der Waals surface area (Å²) < 4.78 is 23.9. The lowest BCUT2D eigenvalue weighted by molar-refractivity contribution is -0.167. The average molecular weight is 535 g/mol. The first-order valence-electron chi connectivity index (χ1n) is 13.5. The number of aryl methyl sites for hydroxylation is 1. The van der Waals surface area contributed by atoms with Crippen molar-refractivity contribution in [1.29, 1.82) is 0 Å². The maximum atomic E-state index is 13.5. The fourth-order valence-electron chi connectivity index (χ4n) is 6.41. The minimum atomic E-state index is -1.07. The number of aromatic nitrogens is 1. The van der Waals surface area contributed by atoms with Crippen molar-refractivity contribution >= 4 is 22.8 Å². The molecular formula is C30H34N2O7. The summed E-state index contributed by atoms with van der Waals surface area (Å²) in [6.07, 6.45) is 5.84. The number of fused-ring (bicyclic) bond motifs is 2. The first-order valence-corrected chi connectivity index (χ1v) is 13.5. The van der Waals surface area contributed by atoms with Gasteiger partial charge in [0.05, 0.1) is 6.10 Å². The number of benzene rings is 1. The lowest BCUT2D eigenvalue weighted by Gasteiger charge is -2.39. The summed E-state index contributed by atoms with van der Waals surface area (Å²) in [7, 11) is 0. The van der Waals surface area contributed by atoms with Crippen LogP contribution in [-0.2, 0) is 26.1 Å². The normalized spacial score (nSPS) is 26.6. The van der Waals surface area contributed by atoms with Gasteiger partial charge in [0.1, 0.15) is 45.8 Å². The molecule has 6 rings (SSSR count). The number of hydrogen-bond acceptors (Lipinski definition) is 9. The summed E-state index contributed by atoms with van der Waals surface area (Å²) >= 11 is 0. The Hall–Kier alpha value is -3.59. The standard InChI is InChI=1S/C30H34N2O7/c1-16-11-19(33)25-21(36-16)14-20-18(26(25)34)13-22(28(2,3)38-20)37-27(35)29(4)23(39-29)15-30(8-5-6-9-30)17-7-10-32-24(31)12-17/h7,10-12,14,22-23,34H,5-6,8-9,13,15H2,1-4H3,(H2,31,32)/t22-,23-,29-/m1/s1.